The van der Waals surface area contributed by atoms with E-state index in [-0.39, 0.29) is 29.4 Å². The molecule has 1 fully saturated rings. The fraction of sp³-hybridized carbons (Fsp3) is 0.318. The van der Waals surface area contributed by atoms with Gasteiger partial charge in [-0.3, -0.25) is 14.6 Å². The highest BCUT2D eigenvalue weighted by atomic mass is 16.4. The molecule has 1 aromatic carbocycles. The number of fused-ring (bicyclic) bond motifs is 1. The zero-order valence-electron chi connectivity index (χ0n) is 16.4. The van der Waals surface area contributed by atoms with Gasteiger partial charge in [0.05, 0.1) is 16.6 Å². The van der Waals surface area contributed by atoms with E-state index in [9.17, 15) is 14.4 Å². The Bertz CT molecular complexity index is 1160. The molecule has 2 aromatic heterocycles. The van der Waals surface area contributed by atoms with Crippen molar-refractivity contribution >= 4 is 22.9 Å². The van der Waals surface area contributed by atoms with Gasteiger partial charge in [-0.1, -0.05) is 12.1 Å². The molecule has 0 bridgehead atoms. The number of H-pyrrole nitrogens is 1. The monoisotopic (exact) mass is 406 g/mol. The Morgan fingerprint density at radius 3 is 2.90 bits per heavy atom. The minimum Gasteiger partial charge on any atom is -0.478 e. The SMILES string of the molecule is O=C(O)c1cncc(CC2CCN(C(=O)CCc3nc4ccccc4[nH]c3=O)C2)c1. The molecule has 0 spiro atoms. The van der Waals surface area contributed by atoms with Crippen molar-refractivity contribution in [1.29, 1.82) is 0 Å². The summed E-state index contributed by atoms with van der Waals surface area (Å²) in [4.78, 5) is 48.9. The fourth-order valence-corrected chi connectivity index (χ4v) is 3.90. The fourth-order valence-electron chi connectivity index (χ4n) is 3.90. The molecule has 1 unspecified atom stereocenters. The topological polar surface area (TPSA) is 116 Å². The van der Waals surface area contributed by atoms with Crippen LogP contribution in [0.25, 0.3) is 11.0 Å². The molecule has 1 aliphatic rings. The van der Waals surface area contributed by atoms with Gasteiger partial charge in [0, 0.05) is 38.3 Å². The van der Waals surface area contributed by atoms with Crippen LogP contribution in [0, 0.1) is 5.92 Å². The van der Waals surface area contributed by atoms with E-state index in [4.69, 9.17) is 5.11 Å². The molecule has 0 radical (unpaired) electrons. The molecule has 1 saturated heterocycles. The number of hydrogen-bond donors (Lipinski definition) is 2. The van der Waals surface area contributed by atoms with E-state index >= 15 is 0 Å². The smallest absolute Gasteiger partial charge is 0.337 e. The third-order valence-electron chi connectivity index (χ3n) is 5.45. The highest BCUT2D eigenvalue weighted by molar-refractivity contribution is 5.87. The van der Waals surface area contributed by atoms with Crippen LogP contribution in [0.1, 0.15) is 34.5 Å². The highest BCUT2D eigenvalue weighted by Crippen LogP contribution is 2.22. The lowest BCUT2D eigenvalue weighted by Crippen LogP contribution is -2.30. The van der Waals surface area contributed by atoms with Gasteiger partial charge in [-0.25, -0.2) is 9.78 Å². The summed E-state index contributed by atoms with van der Waals surface area (Å²) in [7, 11) is 0. The van der Waals surface area contributed by atoms with Crippen molar-refractivity contribution in [3.05, 3.63) is 69.9 Å². The zero-order chi connectivity index (χ0) is 21.1. The number of aromatic amines is 1. The van der Waals surface area contributed by atoms with Crippen molar-refractivity contribution in [2.75, 3.05) is 13.1 Å². The van der Waals surface area contributed by atoms with Crippen LogP contribution in [0.4, 0.5) is 0 Å². The van der Waals surface area contributed by atoms with Crippen molar-refractivity contribution in [3.63, 3.8) is 0 Å². The maximum absolute atomic E-state index is 12.6. The van der Waals surface area contributed by atoms with Gasteiger partial charge >= 0.3 is 5.97 Å². The molecule has 154 valence electrons. The summed E-state index contributed by atoms with van der Waals surface area (Å²) in [5.41, 5.74) is 2.54. The molecule has 30 heavy (non-hydrogen) atoms. The summed E-state index contributed by atoms with van der Waals surface area (Å²) < 4.78 is 0. The number of pyridine rings is 1. The first kappa shape index (κ1) is 19.8. The molecule has 1 atom stereocenters. The number of carbonyl (C=O) groups excluding carboxylic acids is 1. The Kier molecular flexibility index (Phi) is 5.56. The summed E-state index contributed by atoms with van der Waals surface area (Å²) in [6.07, 6.45) is 5.08. The molecular formula is C22H22N4O4. The standard InChI is InChI=1S/C22H22N4O4/c27-20(6-5-19-21(28)25-18-4-2-1-3-17(18)24-19)26-8-7-14(13-26)9-15-10-16(22(29)30)12-23-11-15/h1-4,10-12,14H,5-9,13H2,(H,25,28)(H,29,30). The average Bonchev–Trinajstić information content (AvgIpc) is 3.20. The number of hydrogen-bond acceptors (Lipinski definition) is 5. The minimum atomic E-state index is -0.995. The quantitative estimate of drug-likeness (QED) is 0.647. The minimum absolute atomic E-state index is 0.00395. The number of carbonyl (C=O) groups is 2. The van der Waals surface area contributed by atoms with Crippen LogP contribution in [0.3, 0.4) is 0 Å². The van der Waals surface area contributed by atoms with Crippen LogP contribution in [-0.4, -0.2) is 49.9 Å². The predicted molar refractivity (Wildman–Crippen MR) is 110 cm³/mol. The van der Waals surface area contributed by atoms with Gasteiger partial charge in [-0.15, -0.1) is 0 Å². The molecule has 2 N–H and O–H groups in total. The van der Waals surface area contributed by atoms with E-state index in [1.807, 2.05) is 23.1 Å². The van der Waals surface area contributed by atoms with Gasteiger partial charge in [0.15, 0.2) is 0 Å². The molecule has 8 nitrogen and oxygen atoms in total. The number of carboxylic acids is 1. The van der Waals surface area contributed by atoms with Crippen molar-refractivity contribution in [2.45, 2.75) is 25.7 Å². The molecule has 0 aliphatic carbocycles. The van der Waals surface area contributed by atoms with Crippen LogP contribution in [0.2, 0.25) is 0 Å². The third-order valence-corrected chi connectivity index (χ3v) is 5.45. The Balaban J connectivity index is 1.34. The third kappa shape index (κ3) is 4.37. The van der Waals surface area contributed by atoms with Crippen LogP contribution in [0.15, 0.2) is 47.5 Å². The highest BCUT2D eigenvalue weighted by Gasteiger charge is 2.26. The second-order valence-corrected chi connectivity index (χ2v) is 7.62. The van der Waals surface area contributed by atoms with Crippen LogP contribution >= 0.6 is 0 Å². The number of aryl methyl sites for hydroxylation is 1. The van der Waals surface area contributed by atoms with Gasteiger partial charge in [0.2, 0.25) is 5.91 Å². The molecule has 3 aromatic rings. The molecule has 0 saturated carbocycles. The normalized spacial score (nSPS) is 16.1. The van der Waals surface area contributed by atoms with Gasteiger partial charge in [-0.05, 0) is 42.5 Å². The van der Waals surface area contributed by atoms with Crippen molar-refractivity contribution < 1.29 is 14.7 Å². The van der Waals surface area contributed by atoms with Crippen molar-refractivity contribution in [3.8, 4) is 0 Å². The van der Waals surface area contributed by atoms with E-state index in [1.165, 1.54) is 6.20 Å². The van der Waals surface area contributed by atoms with E-state index in [1.54, 1.807) is 18.3 Å². The van der Waals surface area contributed by atoms with Crippen LogP contribution in [-0.2, 0) is 17.6 Å². The van der Waals surface area contributed by atoms with E-state index in [0.29, 0.717) is 42.7 Å². The summed E-state index contributed by atoms with van der Waals surface area (Å²) in [6.45, 7) is 1.29. The Hall–Kier alpha value is -3.55. The summed E-state index contributed by atoms with van der Waals surface area (Å²) in [5, 5.41) is 9.09. The number of likely N-dealkylation sites (tertiary alicyclic amines) is 1. The van der Waals surface area contributed by atoms with Gasteiger partial charge in [-0.2, -0.15) is 0 Å². The number of carboxylic acid groups (broad SMARTS) is 1. The molecule has 1 amide bonds. The molecular weight excluding hydrogens is 384 g/mol. The number of para-hydroxylation sites is 2. The van der Waals surface area contributed by atoms with Gasteiger partial charge in [0.25, 0.3) is 5.56 Å². The van der Waals surface area contributed by atoms with Gasteiger partial charge < -0.3 is 15.0 Å². The second kappa shape index (κ2) is 8.44. The number of aromatic nitrogens is 3. The second-order valence-electron chi connectivity index (χ2n) is 7.62. The maximum atomic E-state index is 12.6. The Morgan fingerprint density at radius 2 is 2.07 bits per heavy atom. The number of amides is 1. The number of aromatic carboxylic acids is 1. The number of benzene rings is 1. The molecule has 4 rings (SSSR count). The molecule has 1 aliphatic heterocycles. The summed E-state index contributed by atoms with van der Waals surface area (Å²) in [5.74, 6) is -0.726. The lowest BCUT2D eigenvalue weighted by molar-refractivity contribution is -0.130. The average molecular weight is 406 g/mol. The first-order valence-corrected chi connectivity index (χ1v) is 9.92. The largest absolute Gasteiger partial charge is 0.478 e. The zero-order valence-corrected chi connectivity index (χ0v) is 16.4. The Morgan fingerprint density at radius 1 is 1.23 bits per heavy atom. The van der Waals surface area contributed by atoms with E-state index in [0.717, 1.165) is 12.0 Å². The van der Waals surface area contributed by atoms with Crippen LogP contribution < -0.4 is 5.56 Å². The molecule has 3 heterocycles. The number of nitrogens with zero attached hydrogens (tertiary/aromatic N) is 3. The van der Waals surface area contributed by atoms with Gasteiger partial charge in [0.1, 0.15) is 5.69 Å². The number of rotatable bonds is 6. The van der Waals surface area contributed by atoms with Crippen LogP contribution in [0.5, 0.6) is 0 Å². The maximum Gasteiger partial charge on any atom is 0.337 e. The first-order chi connectivity index (χ1) is 14.5. The summed E-state index contributed by atoms with van der Waals surface area (Å²) >= 11 is 0. The predicted octanol–water partition coefficient (Wildman–Crippen LogP) is 2.04. The lowest BCUT2D eigenvalue weighted by Gasteiger charge is -2.16. The summed E-state index contributed by atoms with van der Waals surface area (Å²) in [6, 6.07) is 8.95. The van der Waals surface area contributed by atoms with Crippen molar-refractivity contribution in [2.24, 2.45) is 5.92 Å². The van der Waals surface area contributed by atoms with Crippen molar-refractivity contribution in [1.82, 2.24) is 19.9 Å². The lowest BCUT2D eigenvalue weighted by atomic mass is 9.99. The number of nitrogens with one attached hydrogen (secondary N) is 1. The van der Waals surface area contributed by atoms with E-state index in [2.05, 4.69) is 15.0 Å². The first-order valence-electron chi connectivity index (χ1n) is 9.92. The Labute approximate surface area is 172 Å². The van der Waals surface area contributed by atoms with E-state index < -0.39 is 5.97 Å². The molecule has 8 heteroatoms.